The zero-order valence-electron chi connectivity index (χ0n) is 20.0. The Morgan fingerprint density at radius 2 is 1.74 bits per heavy atom. The summed E-state index contributed by atoms with van der Waals surface area (Å²) in [5.74, 6) is 0.472. The summed E-state index contributed by atoms with van der Waals surface area (Å²) >= 11 is 0. The van der Waals surface area contributed by atoms with Gasteiger partial charge in [0.05, 0.1) is 24.2 Å². The number of nitrogens with one attached hydrogen (secondary N) is 1. The Morgan fingerprint density at radius 1 is 0.943 bits per heavy atom. The van der Waals surface area contributed by atoms with Crippen LogP contribution in [0.2, 0.25) is 0 Å². The van der Waals surface area contributed by atoms with E-state index < -0.39 is 10.0 Å². The second kappa shape index (κ2) is 9.93. The lowest BCUT2D eigenvalue weighted by Gasteiger charge is -2.20. The van der Waals surface area contributed by atoms with Gasteiger partial charge in [0.2, 0.25) is 15.9 Å². The number of hydrogen-bond donors (Lipinski definition) is 1. The van der Waals surface area contributed by atoms with Crippen LogP contribution in [0.1, 0.15) is 24.0 Å². The summed E-state index contributed by atoms with van der Waals surface area (Å²) < 4.78 is 27.0. The standard InChI is InChI=1S/C26H31N5O3S/c1-35(33,34)30-14-6-13-29(15-16-30)19-26(32)27-25-18-24(28-31(25)23-9-3-2-4-10-23)22-12-11-20-7-5-8-21(20)17-22/h2-4,9-12,17-18H,5-8,13-16,19H2,1H3,(H,27,32). The summed E-state index contributed by atoms with van der Waals surface area (Å²) in [4.78, 5) is 15.0. The summed E-state index contributed by atoms with van der Waals surface area (Å²) in [6, 6.07) is 18.2. The van der Waals surface area contributed by atoms with E-state index in [1.54, 1.807) is 4.68 Å². The van der Waals surface area contributed by atoms with Gasteiger partial charge in [0.25, 0.3) is 0 Å². The summed E-state index contributed by atoms with van der Waals surface area (Å²) in [6.45, 7) is 2.29. The first-order valence-corrected chi connectivity index (χ1v) is 14.0. The molecule has 0 saturated carbocycles. The van der Waals surface area contributed by atoms with Gasteiger partial charge in [-0.3, -0.25) is 9.69 Å². The molecule has 1 fully saturated rings. The van der Waals surface area contributed by atoms with E-state index >= 15 is 0 Å². The lowest BCUT2D eigenvalue weighted by molar-refractivity contribution is -0.117. The van der Waals surface area contributed by atoms with Gasteiger partial charge in [0.15, 0.2) is 0 Å². The number of nitrogens with zero attached hydrogens (tertiary/aromatic N) is 4. The van der Waals surface area contributed by atoms with Crippen LogP contribution in [0, 0.1) is 0 Å². The summed E-state index contributed by atoms with van der Waals surface area (Å²) in [6.07, 6.45) is 5.35. The minimum Gasteiger partial charge on any atom is -0.309 e. The zero-order chi connectivity index (χ0) is 24.4. The molecule has 5 rings (SSSR count). The number of hydrogen-bond acceptors (Lipinski definition) is 5. The van der Waals surface area contributed by atoms with Crippen molar-refractivity contribution in [2.24, 2.45) is 0 Å². The molecule has 0 radical (unpaired) electrons. The molecule has 2 aromatic carbocycles. The van der Waals surface area contributed by atoms with Crippen molar-refractivity contribution in [2.75, 3.05) is 44.3 Å². The predicted octanol–water partition coefficient (Wildman–Crippen LogP) is 2.93. The van der Waals surface area contributed by atoms with E-state index in [-0.39, 0.29) is 12.5 Å². The number of rotatable bonds is 6. The van der Waals surface area contributed by atoms with Gasteiger partial charge in [0, 0.05) is 31.3 Å². The second-order valence-electron chi connectivity index (χ2n) is 9.34. The molecule has 9 heteroatoms. The van der Waals surface area contributed by atoms with Crippen LogP contribution in [0.15, 0.2) is 54.6 Å². The van der Waals surface area contributed by atoms with Gasteiger partial charge in [-0.05, 0) is 61.6 Å². The molecule has 1 aliphatic heterocycles. The van der Waals surface area contributed by atoms with Crippen molar-refractivity contribution < 1.29 is 13.2 Å². The number of anilines is 1. The van der Waals surface area contributed by atoms with Crippen molar-refractivity contribution in [1.82, 2.24) is 19.0 Å². The molecule has 1 aliphatic carbocycles. The van der Waals surface area contributed by atoms with Gasteiger partial charge in [0.1, 0.15) is 5.82 Å². The van der Waals surface area contributed by atoms with Crippen molar-refractivity contribution in [3.63, 3.8) is 0 Å². The third kappa shape index (κ3) is 5.47. The van der Waals surface area contributed by atoms with Crippen LogP contribution in [0.3, 0.4) is 0 Å². The van der Waals surface area contributed by atoms with Crippen LogP contribution >= 0.6 is 0 Å². The lowest BCUT2D eigenvalue weighted by atomic mass is 10.0. The lowest BCUT2D eigenvalue weighted by Crippen LogP contribution is -2.37. The average Bonchev–Trinajstić information content (AvgIpc) is 3.40. The molecule has 1 amide bonds. The van der Waals surface area contributed by atoms with Gasteiger partial charge >= 0.3 is 0 Å². The smallest absolute Gasteiger partial charge is 0.239 e. The fourth-order valence-electron chi connectivity index (χ4n) is 4.93. The number of carbonyl (C=O) groups is 1. The number of aromatic nitrogens is 2. The highest BCUT2D eigenvalue weighted by atomic mass is 32.2. The van der Waals surface area contributed by atoms with E-state index in [0.29, 0.717) is 38.4 Å². The van der Waals surface area contributed by atoms with Crippen molar-refractivity contribution >= 4 is 21.7 Å². The highest BCUT2D eigenvalue weighted by Crippen LogP contribution is 2.30. The highest BCUT2D eigenvalue weighted by Gasteiger charge is 2.23. The molecule has 1 saturated heterocycles. The normalized spacial score (nSPS) is 17.2. The maximum atomic E-state index is 13.0. The van der Waals surface area contributed by atoms with Gasteiger partial charge in [-0.25, -0.2) is 17.4 Å². The van der Waals surface area contributed by atoms with E-state index in [1.807, 2.05) is 41.3 Å². The number of benzene rings is 2. The second-order valence-corrected chi connectivity index (χ2v) is 11.3. The zero-order valence-corrected chi connectivity index (χ0v) is 20.8. The summed E-state index contributed by atoms with van der Waals surface area (Å²) in [7, 11) is -3.22. The van der Waals surface area contributed by atoms with Gasteiger partial charge in [-0.15, -0.1) is 0 Å². The maximum absolute atomic E-state index is 13.0. The number of fused-ring (bicyclic) bond motifs is 1. The molecule has 184 valence electrons. The molecule has 1 aromatic heterocycles. The third-order valence-corrected chi connectivity index (χ3v) is 8.06. The monoisotopic (exact) mass is 493 g/mol. The summed E-state index contributed by atoms with van der Waals surface area (Å²) in [5.41, 5.74) is 5.53. The number of sulfonamides is 1. The summed E-state index contributed by atoms with van der Waals surface area (Å²) in [5, 5.41) is 7.89. The van der Waals surface area contributed by atoms with E-state index in [1.165, 1.54) is 28.1 Å². The van der Waals surface area contributed by atoms with Gasteiger partial charge < -0.3 is 5.32 Å². The Bertz CT molecular complexity index is 1320. The first-order chi connectivity index (χ1) is 16.9. The SMILES string of the molecule is CS(=O)(=O)N1CCCN(CC(=O)Nc2cc(-c3ccc4c(c3)CCC4)nn2-c2ccccc2)CC1. The Kier molecular flexibility index (Phi) is 6.73. The Balaban J connectivity index is 1.35. The Hall–Kier alpha value is -3.01. The van der Waals surface area contributed by atoms with Crippen LogP contribution in [-0.4, -0.2) is 72.3 Å². The van der Waals surface area contributed by atoms with Crippen LogP contribution in [0.25, 0.3) is 16.9 Å². The fraction of sp³-hybridized carbons (Fsp3) is 0.385. The van der Waals surface area contributed by atoms with Crippen molar-refractivity contribution in [3.05, 3.63) is 65.7 Å². The van der Waals surface area contributed by atoms with Gasteiger partial charge in [-0.2, -0.15) is 5.10 Å². The van der Waals surface area contributed by atoms with Gasteiger partial charge in [-0.1, -0.05) is 30.3 Å². The van der Waals surface area contributed by atoms with Crippen LogP contribution in [-0.2, 0) is 27.7 Å². The van der Waals surface area contributed by atoms with Crippen LogP contribution < -0.4 is 5.32 Å². The fourth-order valence-corrected chi connectivity index (χ4v) is 5.80. The van der Waals surface area contributed by atoms with Crippen molar-refractivity contribution in [3.8, 4) is 16.9 Å². The third-order valence-electron chi connectivity index (χ3n) is 6.76. The van der Waals surface area contributed by atoms with E-state index in [9.17, 15) is 13.2 Å². The maximum Gasteiger partial charge on any atom is 0.239 e. The minimum absolute atomic E-state index is 0.143. The van der Waals surface area contributed by atoms with E-state index in [0.717, 1.165) is 29.8 Å². The average molecular weight is 494 g/mol. The number of amides is 1. The molecular formula is C26H31N5O3S. The molecule has 8 nitrogen and oxygen atoms in total. The highest BCUT2D eigenvalue weighted by molar-refractivity contribution is 7.88. The first kappa shape index (κ1) is 23.7. The van der Waals surface area contributed by atoms with Crippen LogP contribution in [0.5, 0.6) is 0 Å². The van der Waals surface area contributed by atoms with Crippen molar-refractivity contribution in [2.45, 2.75) is 25.7 Å². The molecule has 0 unspecified atom stereocenters. The van der Waals surface area contributed by atoms with E-state index in [4.69, 9.17) is 5.10 Å². The number of para-hydroxylation sites is 1. The molecule has 2 heterocycles. The predicted molar refractivity (Wildman–Crippen MR) is 137 cm³/mol. The molecule has 0 bridgehead atoms. The molecule has 1 N–H and O–H groups in total. The quantitative estimate of drug-likeness (QED) is 0.571. The Morgan fingerprint density at radius 3 is 2.54 bits per heavy atom. The first-order valence-electron chi connectivity index (χ1n) is 12.1. The van der Waals surface area contributed by atoms with Crippen molar-refractivity contribution in [1.29, 1.82) is 0 Å². The molecule has 0 spiro atoms. The van der Waals surface area contributed by atoms with E-state index in [2.05, 4.69) is 23.5 Å². The van der Waals surface area contributed by atoms with Crippen LogP contribution in [0.4, 0.5) is 5.82 Å². The molecule has 35 heavy (non-hydrogen) atoms. The topological polar surface area (TPSA) is 87.5 Å². The number of carbonyl (C=O) groups excluding carboxylic acids is 1. The minimum atomic E-state index is -3.22. The largest absolute Gasteiger partial charge is 0.309 e. The molecule has 3 aromatic rings. The number of aryl methyl sites for hydroxylation is 2. The molecular weight excluding hydrogens is 462 g/mol. The Labute approximate surface area is 206 Å². The molecule has 2 aliphatic rings. The molecule has 0 atom stereocenters.